The van der Waals surface area contributed by atoms with Crippen molar-refractivity contribution in [3.63, 3.8) is 0 Å². The highest BCUT2D eigenvalue weighted by Crippen LogP contribution is 2.46. The number of amides is 1. The molecule has 2 unspecified atom stereocenters. The topological polar surface area (TPSA) is 88.5 Å². The van der Waals surface area contributed by atoms with Gasteiger partial charge < -0.3 is 29.1 Å². The van der Waals surface area contributed by atoms with E-state index in [1.165, 1.54) is 19.1 Å². The summed E-state index contributed by atoms with van der Waals surface area (Å²) in [5.74, 6) is 0.0969. The van der Waals surface area contributed by atoms with E-state index in [1.807, 2.05) is 32.0 Å². The normalized spacial score (nSPS) is 20.8. The summed E-state index contributed by atoms with van der Waals surface area (Å²) >= 11 is 0. The number of nitrogens with zero attached hydrogens (tertiary/aromatic N) is 2. The van der Waals surface area contributed by atoms with E-state index >= 15 is 0 Å². The number of carbonyl (C=O) groups excluding carboxylic acids is 2. The van der Waals surface area contributed by atoms with E-state index in [2.05, 4.69) is 0 Å². The van der Waals surface area contributed by atoms with Crippen molar-refractivity contribution in [2.75, 3.05) is 41.4 Å². The van der Waals surface area contributed by atoms with Gasteiger partial charge in [-0.1, -0.05) is 12.1 Å². The van der Waals surface area contributed by atoms with Crippen LogP contribution in [0.3, 0.4) is 0 Å². The zero-order valence-electron chi connectivity index (χ0n) is 20.8. The van der Waals surface area contributed by atoms with Crippen LogP contribution in [0.25, 0.3) is 5.76 Å². The molecule has 8 nitrogen and oxygen atoms in total. The van der Waals surface area contributed by atoms with Crippen LogP contribution in [0.15, 0.2) is 42.0 Å². The van der Waals surface area contributed by atoms with Crippen LogP contribution >= 0.6 is 0 Å². The summed E-state index contributed by atoms with van der Waals surface area (Å²) in [5.41, 5.74) is 2.05. The molecule has 0 aliphatic carbocycles. The van der Waals surface area contributed by atoms with Crippen molar-refractivity contribution >= 4 is 17.4 Å². The zero-order valence-corrected chi connectivity index (χ0v) is 20.8. The molecule has 0 bridgehead atoms. The Morgan fingerprint density at radius 2 is 1.94 bits per heavy atom. The van der Waals surface area contributed by atoms with Crippen LogP contribution in [0.4, 0.5) is 0 Å². The van der Waals surface area contributed by atoms with E-state index in [1.54, 1.807) is 30.3 Å². The standard InChI is InChI=1S/C27H32N2O6/c1-16-14-18-15-17(10-11-20(18)35-16)24(30)22-23(19-8-6-9-21(33-4)26(19)34-5)29(27(32)25(22)31)13-7-12-28(2)3/h6,8-11,15-16,23,30H,7,12-14H2,1-5H3. The van der Waals surface area contributed by atoms with Crippen LogP contribution < -0.4 is 14.2 Å². The maximum Gasteiger partial charge on any atom is 0.295 e. The average Bonchev–Trinajstić information content (AvgIpc) is 3.33. The molecule has 0 radical (unpaired) electrons. The molecule has 8 heteroatoms. The molecule has 4 rings (SSSR count). The predicted molar refractivity (Wildman–Crippen MR) is 132 cm³/mol. The van der Waals surface area contributed by atoms with E-state index in [9.17, 15) is 14.7 Å². The van der Waals surface area contributed by atoms with E-state index in [-0.39, 0.29) is 17.4 Å². The summed E-state index contributed by atoms with van der Waals surface area (Å²) < 4.78 is 16.9. The fourth-order valence-electron chi connectivity index (χ4n) is 4.84. The lowest BCUT2D eigenvalue weighted by molar-refractivity contribution is -0.140. The highest BCUT2D eigenvalue weighted by atomic mass is 16.5. The SMILES string of the molecule is COc1cccc(C2C(=C(O)c3ccc4c(c3)CC(C)O4)C(=O)C(=O)N2CCCN(C)C)c1OC. The summed E-state index contributed by atoms with van der Waals surface area (Å²) in [7, 11) is 6.95. The first kappa shape index (κ1) is 24.6. The summed E-state index contributed by atoms with van der Waals surface area (Å²) in [6.45, 7) is 3.07. The zero-order chi connectivity index (χ0) is 25.3. The Balaban J connectivity index is 1.85. The van der Waals surface area contributed by atoms with Gasteiger partial charge in [0, 0.05) is 24.1 Å². The molecule has 2 atom stereocenters. The summed E-state index contributed by atoms with van der Waals surface area (Å²) in [6, 6.07) is 9.85. The number of methoxy groups -OCH3 is 2. The third-order valence-corrected chi connectivity index (χ3v) is 6.44. The molecule has 2 aliphatic rings. The molecule has 0 spiro atoms. The molecule has 2 aliphatic heterocycles. The molecule has 2 aromatic rings. The van der Waals surface area contributed by atoms with Crippen molar-refractivity contribution < 1.29 is 28.9 Å². The second-order valence-corrected chi connectivity index (χ2v) is 9.19. The van der Waals surface area contributed by atoms with Crippen LogP contribution in [0.1, 0.15) is 36.1 Å². The van der Waals surface area contributed by atoms with Gasteiger partial charge in [-0.2, -0.15) is 0 Å². The van der Waals surface area contributed by atoms with E-state index in [0.29, 0.717) is 42.0 Å². The number of ether oxygens (including phenoxy) is 3. The van der Waals surface area contributed by atoms with Crippen LogP contribution in [0, 0.1) is 0 Å². The van der Waals surface area contributed by atoms with Crippen molar-refractivity contribution in [1.82, 2.24) is 9.80 Å². The van der Waals surface area contributed by atoms with Gasteiger partial charge in [0.2, 0.25) is 0 Å². The van der Waals surface area contributed by atoms with Crippen molar-refractivity contribution in [2.24, 2.45) is 0 Å². The molecule has 2 aromatic carbocycles. The van der Waals surface area contributed by atoms with Crippen molar-refractivity contribution in [2.45, 2.75) is 31.9 Å². The van der Waals surface area contributed by atoms with Crippen molar-refractivity contribution in [3.05, 3.63) is 58.7 Å². The monoisotopic (exact) mass is 480 g/mol. The Kier molecular flexibility index (Phi) is 7.03. The molecule has 35 heavy (non-hydrogen) atoms. The van der Waals surface area contributed by atoms with Gasteiger partial charge in [0.05, 0.1) is 25.8 Å². The summed E-state index contributed by atoms with van der Waals surface area (Å²) in [6.07, 6.45) is 1.42. The number of likely N-dealkylation sites (tertiary alicyclic amines) is 1. The Morgan fingerprint density at radius 1 is 1.17 bits per heavy atom. The fraction of sp³-hybridized carbons (Fsp3) is 0.407. The molecule has 0 aromatic heterocycles. The van der Waals surface area contributed by atoms with Gasteiger partial charge in [-0.05, 0) is 63.8 Å². The number of hydrogen-bond acceptors (Lipinski definition) is 7. The molecular weight excluding hydrogens is 448 g/mol. The first-order valence-corrected chi connectivity index (χ1v) is 11.7. The number of benzene rings is 2. The van der Waals surface area contributed by atoms with Crippen LogP contribution in [0.5, 0.6) is 17.2 Å². The van der Waals surface area contributed by atoms with Gasteiger partial charge in [0.1, 0.15) is 17.6 Å². The lowest BCUT2D eigenvalue weighted by atomic mass is 9.93. The molecule has 1 N–H and O–H groups in total. The third kappa shape index (κ3) is 4.58. The number of fused-ring (bicyclic) bond motifs is 1. The van der Waals surface area contributed by atoms with Gasteiger partial charge in [0.25, 0.3) is 11.7 Å². The lowest BCUT2D eigenvalue weighted by Crippen LogP contribution is -2.32. The highest BCUT2D eigenvalue weighted by Gasteiger charge is 2.47. The molecule has 1 saturated heterocycles. The van der Waals surface area contributed by atoms with E-state index in [4.69, 9.17) is 14.2 Å². The highest BCUT2D eigenvalue weighted by molar-refractivity contribution is 6.46. The minimum Gasteiger partial charge on any atom is -0.507 e. The maximum absolute atomic E-state index is 13.3. The number of aliphatic hydroxyl groups excluding tert-OH is 1. The van der Waals surface area contributed by atoms with E-state index in [0.717, 1.165) is 17.9 Å². The van der Waals surface area contributed by atoms with Gasteiger partial charge in [0.15, 0.2) is 11.5 Å². The predicted octanol–water partition coefficient (Wildman–Crippen LogP) is 3.40. The number of ketones is 1. The second-order valence-electron chi connectivity index (χ2n) is 9.19. The maximum atomic E-state index is 13.3. The fourth-order valence-corrected chi connectivity index (χ4v) is 4.84. The Hall–Kier alpha value is -3.52. The van der Waals surface area contributed by atoms with Crippen LogP contribution in [-0.4, -0.2) is 74.1 Å². The molecule has 2 heterocycles. The molecule has 186 valence electrons. The number of para-hydroxylation sites is 1. The van der Waals surface area contributed by atoms with Gasteiger partial charge >= 0.3 is 0 Å². The molecule has 1 fully saturated rings. The van der Waals surface area contributed by atoms with Crippen molar-refractivity contribution in [1.29, 1.82) is 0 Å². The Morgan fingerprint density at radius 3 is 2.63 bits per heavy atom. The number of aliphatic hydroxyl groups is 1. The second kappa shape index (κ2) is 10.00. The smallest absolute Gasteiger partial charge is 0.295 e. The Bertz CT molecular complexity index is 1170. The first-order chi connectivity index (χ1) is 16.8. The molecule has 0 saturated carbocycles. The molecular formula is C27H32N2O6. The van der Waals surface area contributed by atoms with Crippen LogP contribution in [-0.2, 0) is 16.0 Å². The number of hydrogen-bond donors (Lipinski definition) is 1. The van der Waals surface area contributed by atoms with Crippen LogP contribution in [0.2, 0.25) is 0 Å². The largest absolute Gasteiger partial charge is 0.507 e. The number of Topliss-reactive ketones (excluding diaryl/α,β-unsaturated/α-hetero) is 1. The van der Waals surface area contributed by atoms with E-state index < -0.39 is 17.7 Å². The van der Waals surface area contributed by atoms with Gasteiger partial charge in [-0.15, -0.1) is 0 Å². The number of rotatable bonds is 8. The lowest BCUT2D eigenvalue weighted by Gasteiger charge is -2.27. The third-order valence-electron chi connectivity index (χ3n) is 6.44. The Labute approximate surface area is 205 Å². The van der Waals surface area contributed by atoms with Gasteiger partial charge in [-0.3, -0.25) is 9.59 Å². The summed E-state index contributed by atoms with van der Waals surface area (Å²) in [5, 5.41) is 11.4. The number of carbonyl (C=O) groups is 2. The van der Waals surface area contributed by atoms with Crippen molar-refractivity contribution in [3.8, 4) is 17.2 Å². The minimum absolute atomic E-state index is 0.0401. The minimum atomic E-state index is -0.814. The first-order valence-electron chi connectivity index (χ1n) is 11.7. The molecule has 1 amide bonds. The quantitative estimate of drug-likeness (QED) is 0.352. The average molecular weight is 481 g/mol. The van der Waals surface area contributed by atoms with Gasteiger partial charge in [-0.25, -0.2) is 0 Å². The summed E-state index contributed by atoms with van der Waals surface area (Å²) in [4.78, 5) is 30.1.